The topological polar surface area (TPSA) is 60.2 Å². The van der Waals surface area contributed by atoms with E-state index in [0.29, 0.717) is 6.42 Å². The molecule has 0 saturated heterocycles. The molecule has 3 nitrogen and oxygen atoms in total. The molecule has 0 aliphatic heterocycles. The molecule has 0 bridgehead atoms. The van der Waals surface area contributed by atoms with Crippen LogP contribution in [0.2, 0.25) is 0 Å². The Morgan fingerprint density at radius 1 is 1.29 bits per heavy atom. The van der Waals surface area contributed by atoms with Gasteiger partial charge in [0.25, 0.3) is 0 Å². The largest absolute Gasteiger partial charge is 0.323 e. The third-order valence-corrected chi connectivity index (χ3v) is 4.61. The van der Waals surface area contributed by atoms with Gasteiger partial charge in [-0.1, -0.05) is 37.6 Å². The van der Waals surface area contributed by atoms with Gasteiger partial charge >= 0.3 is 0 Å². The molecule has 0 aliphatic rings. The molecule has 1 rings (SSSR count). The summed E-state index contributed by atoms with van der Waals surface area (Å²) >= 11 is 0. The fourth-order valence-electron chi connectivity index (χ4n) is 1.81. The molecule has 4 heteroatoms. The summed E-state index contributed by atoms with van der Waals surface area (Å²) in [5.74, 6) is 0.279. The third kappa shape index (κ3) is 4.48. The maximum atomic E-state index is 11.8. The zero-order valence-corrected chi connectivity index (χ0v) is 11.3. The molecule has 0 aliphatic carbocycles. The van der Waals surface area contributed by atoms with Gasteiger partial charge in [-0.05, 0) is 24.5 Å². The van der Waals surface area contributed by atoms with Crippen LogP contribution in [-0.2, 0) is 9.84 Å². The highest BCUT2D eigenvalue weighted by Crippen LogP contribution is 2.17. The number of unbranched alkanes of at least 4 members (excludes halogenated alkanes) is 1. The van der Waals surface area contributed by atoms with Gasteiger partial charge in [0, 0.05) is 6.04 Å². The molecule has 0 heterocycles. The molecule has 0 radical (unpaired) electrons. The Hall–Kier alpha value is -0.870. The van der Waals surface area contributed by atoms with Crippen molar-refractivity contribution in [3.8, 4) is 0 Å². The number of nitrogens with two attached hydrogens (primary N) is 1. The summed E-state index contributed by atoms with van der Waals surface area (Å²) in [5.41, 5.74) is 7.95. The monoisotopic (exact) mass is 255 g/mol. The number of hydrogen-bond acceptors (Lipinski definition) is 3. The lowest BCUT2D eigenvalue weighted by Gasteiger charge is -2.14. The SMILES string of the molecule is CCCCS(=O)(=O)CC(N)c1ccccc1C. The average molecular weight is 255 g/mol. The Morgan fingerprint density at radius 3 is 2.53 bits per heavy atom. The first-order chi connectivity index (χ1) is 7.96. The molecule has 1 aromatic carbocycles. The average Bonchev–Trinajstić information content (AvgIpc) is 2.26. The van der Waals surface area contributed by atoms with Crippen LogP contribution in [0.5, 0.6) is 0 Å². The maximum Gasteiger partial charge on any atom is 0.152 e. The zero-order valence-electron chi connectivity index (χ0n) is 10.5. The summed E-state index contributed by atoms with van der Waals surface area (Å²) in [7, 11) is -3.03. The number of hydrogen-bond donors (Lipinski definition) is 1. The van der Waals surface area contributed by atoms with E-state index in [-0.39, 0.29) is 11.5 Å². The van der Waals surface area contributed by atoms with Gasteiger partial charge in [0.15, 0.2) is 9.84 Å². The van der Waals surface area contributed by atoms with Crippen LogP contribution in [-0.4, -0.2) is 19.9 Å². The lowest BCUT2D eigenvalue weighted by Crippen LogP contribution is -2.24. The van der Waals surface area contributed by atoms with E-state index in [1.54, 1.807) is 0 Å². The molecule has 0 fully saturated rings. The van der Waals surface area contributed by atoms with Crippen LogP contribution < -0.4 is 5.73 Å². The summed E-state index contributed by atoms with van der Waals surface area (Å²) in [6, 6.07) is 7.25. The van der Waals surface area contributed by atoms with Crippen LogP contribution in [0, 0.1) is 6.92 Å². The first kappa shape index (κ1) is 14.2. The quantitative estimate of drug-likeness (QED) is 0.847. The first-order valence-electron chi connectivity index (χ1n) is 5.98. The third-order valence-electron chi connectivity index (χ3n) is 2.83. The number of rotatable bonds is 6. The normalized spacial score (nSPS) is 13.6. The summed E-state index contributed by atoms with van der Waals surface area (Å²) in [6.45, 7) is 3.94. The Labute approximate surface area is 104 Å². The van der Waals surface area contributed by atoms with Gasteiger partial charge in [0.1, 0.15) is 0 Å². The van der Waals surface area contributed by atoms with Crippen LogP contribution >= 0.6 is 0 Å². The Bertz CT molecular complexity index is 454. The predicted molar refractivity (Wildman–Crippen MR) is 71.7 cm³/mol. The molecule has 1 unspecified atom stereocenters. The first-order valence-corrected chi connectivity index (χ1v) is 7.80. The molecular formula is C13H21NO2S. The maximum absolute atomic E-state index is 11.8. The second kappa shape index (κ2) is 6.17. The highest BCUT2D eigenvalue weighted by Gasteiger charge is 2.18. The smallest absolute Gasteiger partial charge is 0.152 e. The molecule has 0 aromatic heterocycles. The number of aryl methyl sites for hydroxylation is 1. The molecule has 2 N–H and O–H groups in total. The molecule has 0 spiro atoms. The van der Waals surface area contributed by atoms with E-state index in [1.165, 1.54) is 0 Å². The lowest BCUT2D eigenvalue weighted by atomic mass is 10.0. The number of sulfone groups is 1. The van der Waals surface area contributed by atoms with Crippen molar-refractivity contribution in [1.82, 2.24) is 0 Å². The Balaban J connectivity index is 2.73. The molecule has 0 saturated carbocycles. The Morgan fingerprint density at radius 2 is 1.94 bits per heavy atom. The van der Waals surface area contributed by atoms with Crippen molar-refractivity contribution in [3.05, 3.63) is 35.4 Å². The van der Waals surface area contributed by atoms with E-state index in [9.17, 15) is 8.42 Å². The molecule has 1 aromatic rings. The molecule has 17 heavy (non-hydrogen) atoms. The summed E-state index contributed by atoms with van der Waals surface area (Å²) in [6.07, 6.45) is 1.60. The van der Waals surface area contributed by atoms with Gasteiger partial charge in [0.2, 0.25) is 0 Å². The molecular weight excluding hydrogens is 234 g/mol. The van der Waals surface area contributed by atoms with E-state index in [4.69, 9.17) is 5.73 Å². The van der Waals surface area contributed by atoms with Crippen molar-refractivity contribution in [2.45, 2.75) is 32.7 Å². The van der Waals surface area contributed by atoms with Gasteiger partial charge < -0.3 is 5.73 Å². The van der Waals surface area contributed by atoms with Crippen molar-refractivity contribution in [2.24, 2.45) is 5.73 Å². The molecule has 0 amide bonds. The van der Waals surface area contributed by atoms with Gasteiger partial charge in [0.05, 0.1) is 11.5 Å². The van der Waals surface area contributed by atoms with Crippen molar-refractivity contribution in [3.63, 3.8) is 0 Å². The van der Waals surface area contributed by atoms with Gasteiger partial charge in [-0.15, -0.1) is 0 Å². The van der Waals surface area contributed by atoms with Crippen molar-refractivity contribution in [2.75, 3.05) is 11.5 Å². The predicted octanol–water partition coefficient (Wildman–Crippen LogP) is 2.21. The molecule has 1 atom stereocenters. The zero-order chi connectivity index (χ0) is 12.9. The van der Waals surface area contributed by atoms with Gasteiger partial charge in [-0.25, -0.2) is 8.42 Å². The van der Waals surface area contributed by atoms with Crippen LogP contribution in [0.4, 0.5) is 0 Å². The van der Waals surface area contributed by atoms with Crippen molar-refractivity contribution in [1.29, 1.82) is 0 Å². The molecule has 96 valence electrons. The van der Waals surface area contributed by atoms with Crippen molar-refractivity contribution < 1.29 is 8.42 Å². The minimum atomic E-state index is -3.03. The minimum Gasteiger partial charge on any atom is -0.323 e. The van der Waals surface area contributed by atoms with Crippen LogP contribution in [0.1, 0.15) is 36.9 Å². The minimum absolute atomic E-state index is 0.0395. The van der Waals surface area contributed by atoms with Crippen molar-refractivity contribution >= 4 is 9.84 Å². The highest BCUT2D eigenvalue weighted by atomic mass is 32.2. The van der Waals surface area contributed by atoms with Crippen LogP contribution in [0.3, 0.4) is 0 Å². The van der Waals surface area contributed by atoms with Crippen LogP contribution in [0.15, 0.2) is 24.3 Å². The standard InChI is InChI=1S/C13H21NO2S/c1-3-4-9-17(15,16)10-13(14)12-8-6-5-7-11(12)2/h5-8,13H,3-4,9-10,14H2,1-2H3. The van der Waals surface area contributed by atoms with Gasteiger partial charge in [-0.2, -0.15) is 0 Å². The fourth-order valence-corrected chi connectivity index (χ4v) is 3.44. The summed E-state index contributed by atoms with van der Waals surface area (Å²) in [5, 5.41) is 0. The number of benzene rings is 1. The summed E-state index contributed by atoms with van der Waals surface area (Å²) < 4.78 is 23.6. The van der Waals surface area contributed by atoms with E-state index < -0.39 is 15.9 Å². The second-order valence-corrected chi connectivity index (χ2v) is 6.66. The van der Waals surface area contributed by atoms with E-state index in [0.717, 1.165) is 17.5 Å². The second-order valence-electron chi connectivity index (χ2n) is 4.43. The van der Waals surface area contributed by atoms with E-state index in [1.807, 2.05) is 38.1 Å². The van der Waals surface area contributed by atoms with Crippen LogP contribution in [0.25, 0.3) is 0 Å². The highest BCUT2D eigenvalue weighted by molar-refractivity contribution is 7.91. The van der Waals surface area contributed by atoms with E-state index >= 15 is 0 Å². The Kier molecular flexibility index (Phi) is 5.15. The van der Waals surface area contributed by atoms with E-state index in [2.05, 4.69) is 0 Å². The van der Waals surface area contributed by atoms with Gasteiger partial charge in [-0.3, -0.25) is 0 Å². The fraction of sp³-hybridized carbons (Fsp3) is 0.538. The summed E-state index contributed by atoms with van der Waals surface area (Å²) in [4.78, 5) is 0. The lowest BCUT2D eigenvalue weighted by molar-refractivity contribution is 0.585.